The maximum atomic E-state index is 12.5. The maximum Gasteiger partial charge on any atom is 0.352 e. The Morgan fingerprint density at radius 1 is 1.37 bits per heavy atom. The molecule has 9 heteroatoms. The number of carboxylic acids is 1. The SMILES string of the molecule is CC(=O)c1ncn2c(C)c(C3=C(C(=O)O)N4C(=O)C([C@@H](C)O)[C@@H]4[C@H]3C)sc12. The molecule has 0 spiro atoms. The van der Waals surface area contributed by atoms with E-state index in [9.17, 15) is 24.6 Å². The molecule has 4 heterocycles. The van der Waals surface area contributed by atoms with Gasteiger partial charge in [-0.25, -0.2) is 9.78 Å². The Kier molecular flexibility index (Phi) is 3.80. The van der Waals surface area contributed by atoms with Crippen molar-refractivity contribution >= 4 is 39.4 Å². The number of aromatic nitrogens is 2. The molecule has 1 saturated heterocycles. The van der Waals surface area contributed by atoms with Crippen LogP contribution in [0.2, 0.25) is 0 Å². The Hall–Kier alpha value is -2.52. The number of hydrogen-bond donors (Lipinski definition) is 2. The third-order valence-corrected chi connectivity index (χ3v) is 6.87. The van der Waals surface area contributed by atoms with E-state index in [1.807, 2.05) is 13.8 Å². The number of aliphatic hydroxyl groups is 1. The molecule has 27 heavy (non-hydrogen) atoms. The minimum Gasteiger partial charge on any atom is -0.477 e. The van der Waals surface area contributed by atoms with Gasteiger partial charge in [0.2, 0.25) is 5.91 Å². The van der Waals surface area contributed by atoms with Gasteiger partial charge in [0.15, 0.2) is 5.78 Å². The van der Waals surface area contributed by atoms with Gasteiger partial charge in [-0.1, -0.05) is 6.92 Å². The van der Waals surface area contributed by atoms with Gasteiger partial charge in [-0.05, 0) is 13.8 Å². The number of aliphatic carboxylic acids is 1. The van der Waals surface area contributed by atoms with Crippen molar-refractivity contribution in [3.63, 3.8) is 0 Å². The predicted molar refractivity (Wildman–Crippen MR) is 97.3 cm³/mol. The third-order valence-electron chi connectivity index (χ3n) is 5.57. The van der Waals surface area contributed by atoms with Crippen molar-refractivity contribution in [3.8, 4) is 0 Å². The summed E-state index contributed by atoms with van der Waals surface area (Å²) in [5, 5.41) is 19.8. The number of amides is 1. The molecule has 2 aromatic rings. The van der Waals surface area contributed by atoms with E-state index in [-0.39, 0.29) is 29.3 Å². The lowest BCUT2D eigenvalue weighted by Gasteiger charge is -2.46. The maximum absolute atomic E-state index is 12.5. The Morgan fingerprint density at radius 3 is 2.59 bits per heavy atom. The standard InChI is InChI=1S/C18H19N3O5S/c1-6-10(14(18(25)26)21-13(6)11(8(3)22)16(21)24)15-7(2)20-5-19-12(9(4)23)17(20)27-15/h5-6,8,11,13,22H,1-4H3,(H,25,26)/t6-,8+,11?,13-/m0/s1. The molecule has 2 aliphatic rings. The molecule has 2 aromatic heterocycles. The van der Waals surface area contributed by atoms with Crippen LogP contribution in [0.1, 0.15) is 41.8 Å². The number of ketones is 1. The fourth-order valence-corrected chi connectivity index (χ4v) is 5.72. The van der Waals surface area contributed by atoms with Crippen LogP contribution in [0.15, 0.2) is 12.0 Å². The summed E-state index contributed by atoms with van der Waals surface area (Å²) in [6, 6.07) is -0.370. The minimum absolute atomic E-state index is 0.0284. The molecule has 0 bridgehead atoms. The first kappa shape index (κ1) is 17.9. The first-order valence-corrected chi connectivity index (χ1v) is 9.44. The zero-order valence-electron chi connectivity index (χ0n) is 15.3. The second-order valence-electron chi connectivity index (χ2n) is 7.16. The molecule has 0 aromatic carbocycles. The van der Waals surface area contributed by atoms with Crippen molar-refractivity contribution in [2.45, 2.75) is 39.8 Å². The van der Waals surface area contributed by atoms with E-state index in [1.165, 1.54) is 23.2 Å². The van der Waals surface area contributed by atoms with Crippen LogP contribution >= 0.6 is 11.3 Å². The quantitative estimate of drug-likeness (QED) is 0.606. The molecular weight excluding hydrogens is 370 g/mol. The van der Waals surface area contributed by atoms with Gasteiger partial charge in [0, 0.05) is 24.1 Å². The fourth-order valence-electron chi connectivity index (χ4n) is 4.31. The van der Waals surface area contributed by atoms with Crippen LogP contribution in [-0.2, 0) is 9.59 Å². The summed E-state index contributed by atoms with van der Waals surface area (Å²) in [5.74, 6) is -2.54. The first-order chi connectivity index (χ1) is 12.7. The van der Waals surface area contributed by atoms with Crippen LogP contribution in [0.3, 0.4) is 0 Å². The van der Waals surface area contributed by atoms with Crippen molar-refractivity contribution in [1.82, 2.24) is 14.3 Å². The number of Topliss-reactive ketones (excluding diaryl/α,β-unsaturated/α-hetero) is 1. The lowest BCUT2D eigenvalue weighted by atomic mass is 9.77. The number of imidazole rings is 1. The smallest absolute Gasteiger partial charge is 0.352 e. The van der Waals surface area contributed by atoms with Crippen molar-refractivity contribution in [3.05, 3.63) is 28.3 Å². The Balaban J connectivity index is 1.92. The normalized spacial score (nSPS) is 25.7. The highest BCUT2D eigenvalue weighted by atomic mass is 32.1. The average molecular weight is 389 g/mol. The van der Waals surface area contributed by atoms with E-state index < -0.39 is 18.0 Å². The van der Waals surface area contributed by atoms with Crippen LogP contribution in [0.25, 0.3) is 10.4 Å². The minimum atomic E-state index is -1.17. The molecule has 0 radical (unpaired) electrons. The van der Waals surface area contributed by atoms with Gasteiger partial charge in [-0.15, -0.1) is 11.3 Å². The highest BCUT2D eigenvalue weighted by Gasteiger charge is 2.60. The highest BCUT2D eigenvalue weighted by molar-refractivity contribution is 7.19. The number of hydrogen-bond acceptors (Lipinski definition) is 6. The average Bonchev–Trinajstić information content (AvgIpc) is 3.18. The number of aryl methyl sites for hydroxylation is 1. The lowest BCUT2D eigenvalue weighted by Crippen LogP contribution is -2.63. The van der Waals surface area contributed by atoms with Crippen molar-refractivity contribution < 1.29 is 24.6 Å². The number of carboxylic acid groups (broad SMARTS) is 1. The molecule has 1 unspecified atom stereocenters. The summed E-state index contributed by atoms with van der Waals surface area (Å²) in [6.07, 6.45) is 0.713. The summed E-state index contributed by atoms with van der Waals surface area (Å²) in [7, 11) is 0. The molecule has 2 N–H and O–H groups in total. The van der Waals surface area contributed by atoms with E-state index >= 15 is 0 Å². The van der Waals surface area contributed by atoms with Gasteiger partial charge in [-0.2, -0.15) is 0 Å². The van der Waals surface area contributed by atoms with Crippen LogP contribution in [0, 0.1) is 18.8 Å². The highest BCUT2D eigenvalue weighted by Crippen LogP contribution is 2.52. The summed E-state index contributed by atoms with van der Waals surface area (Å²) in [4.78, 5) is 43.1. The molecule has 0 saturated carbocycles. The molecule has 0 aliphatic carbocycles. The lowest BCUT2D eigenvalue weighted by molar-refractivity contribution is -0.163. The Bertz CT molecular complexity index is 1050. The zero-order chi connectivity index (χ0) is 19.8. The van der Waals surface area contributed by atoms with Gasteiger partial charge < -0.3 is 15.1 Å². The molecule has 1 amide bonds. The number of rotatable bonds is 4. The molecule has 8 nitrogen and oxygen atoms in total. The summed E-state index contributed by atoms with van der Waals surface area (Å²) in [5.41, 5.74) is 1.67. The Labute approximate surface area is 158 Å². The van der Waals surface area contributed by atoms with E-state index in [4.69, 9.17) is 0 Å². The molecular formula is C18H19N3O5S. The van der Waals surface area contributed by atoms with E-state index in [0.717, 1.165) is 10.6 Å². The number of thiazole rings is 1. The number of carbonyl (C=O) groups is 3. The third kappa shape index (κ3) is 2.18. The summed E-state index contributed by atoms with van der Waals surface area (Å²) >= 11 is 1.31. The summed E-state index contributed by atoms with van der Waals surface area (Å²) in [6.45, 7) is 6.71. The van der Waals surface area contributed by atoms with Gasteiger partial charge in [-0.3, -0.25) is 14.0 Å². The molecule has 2 aliphatic heterocycles. The van der Waals surface area contributed by atoms with E-state index in [0.29, 0.717) is 16.1 Å². The number of carbonyl (C=O) groups excluding carboxylic acids is 2. The van der Waals surface area contributed by atoms with Crippen molar-refractivity contribution in [2.75, 3.05) is 0 Å². The van der Waals surface area contributed by atoms with E-state index in [1.54, 1.807) is 17.7 Å². The molecule has 4 atom stereocenters. The van der Waals surface area contributed by atoms with Gasteiger partial charge in [0.05, 0.1) is 22.9 Å². The molecule has 1 fully saturated rings. The number of β-lactam (4-membered cyclic amide) rings is 1. The van der Waals surface area contributed by atoms with E-state index in [2.05, 4.69) is 4.98 Å². The van der Waals surface area contributed by atoms with Gasteiger partial charge in [0.25, 0.3) is 0 Å². The number of nitrogens with zero attached hydrogens (tertiary/aromatic N) is 3. The van der Waals surface area contributed by atoms with Crippen LogP contribution in [-0.4, -0.2) is 54.3 Å². The largest absolute Gasteiger partial charge is 0.477 e. The van der Waals surface area contributed by atoms with Crippen molar-refractivity contribution in [1.29, 1.82) is 0 Å². The van der Waals surface area contributed by atoms with Crippen molar-refractivity contribution in [2.24, 2.45) is 11.8 Å². The second-order valence-corrected chi connectivity index (χ2v) is 8.16. The zero-order valence-corrected chi connectivity index (χ0v) is 16.1. The number of fused-ring (bicyclic) bond motifs is 2. The van der Waals surface area contributed by atoms with Crippen LogP contribution in [0.4, 0.5) is 0 Å². The summed E-state index contributed by atoms with van der Waals surface area (Å²) < 4.78 is 1.78. The topological polar surface area (TPSA) is 112 Å². The van der Waals surface area contributed by atoms with Gasteiger partial charge in [0.1, 0.15) is 22.5 Å². The number of aliphatic hydroxyl groups excluding tert-OH is 1. The molecule has 4 rings (SSSR count). The van der Waals surface area contributed by atoms with Crippen LogP contribution in [0.5, 0.6) is 0 Å². The van der Waals surface area contributed by atoms with Gasteiger partial charge >= 0.3 is 5.97 Å². The monoisotopic (exact) mass is 389 g/mol. The van der Waals surface area contributed by atoms with Crippen LogP contribution < -0.4 is 0 Å². The Morgan fingerprint density at radius 2 is 2.04 bits per heavy atom. The fraction of sp³-hybridized carbons (Fsp3) is 0.444. The predicted octanol–water partition coefficient (Wildman–Crippen LogP) is 1.56. The second kappa shape index (κ2) is 5.74. The molecule has 142 valence electrons. The first-order valence-electron chi connectivity index (χ1n) is 8.63.